The lowest BCUT2D eigenvalue weighted by Crippen LogP contribution is -2.52. The second kappa shape index (κ2) is 21.2. The molecular formula is C45H55N9O6S. The van der Waals surface area contributed by atoms with Crippen molar-refractivity contribution in [2.24, 2.45) is 5.92 Å². The molecule has 2 aromatic heterocycles. The number of rotatable bonds is 17. The van der Waals surface area contributed by atoms with Gasteiger partial charge in [0, 0.05) is 94.1 Å². The van der Waals surface area contributed by atoms with Crippen LogP contribution in [0.15, 0.2) is 65.8 Å². The van der Waals surface area contributed by atoms with Crippen LogP contribution in [0.5, 0.6) is 0 Å². The van der Waals surface area contributed by atoms with Crippen LogP contribution in [0.4, 0.5) is 5.82 Å². The number of amides is 6. The van der Waals surface area contributed by atoms with Gasteiger partial charge in [0.15, 0.2) is 11.5 Å². The van der Waals surface area contributed by atoms with Gasteiger partial charge in [0.1, 0.15) is 6.04 Å². The van der Waals surface area contributed by atoms with Crippen molar-refractivity contribution < 1.29 is 28.8 Å². The number of benzene rings is 1. The van der Waals surface area contributed by atoms with Crippen LogP contribution in [0.2, 0.25) is 0 Å². The molecule has 322 valence electrons. The molecule has 3 saturated heterocycles. The Hall–Kier alpha value is -5.64. The highest BCUT2D eigenvalue weighted by Crippen LogP contribution is 2.35. The summed E-state index contributed by atoms with van der Waals surface area (Å²) in [6.07, 6.45) is 15.4. The number of imide groups is 1. The second-order valence-corrected chi connectivity index (χ2v) is 17.3. The Morgan fingerprint density at radius 2 is 1.69 bits per heavy atom. The maximum Gasteiger partial charge on any atom is 0.274 e. The van der Waals surface area contributed by atoms with Gasteiger partial charge in [0.25, 0.3) is 11.8 Å². The van der Waals surface area contributed by atoms with Crippen LogP contribution in [-0.2, 0) is 25.7 Å². The van der Waals surface area contributed by atoms with Crippen LogP contribution in [0.1, 0.15) is 103 Å². The normalized spacial score (nSPS) is 18.4. The number of nitrogens with one attached hydrogen (secondary N) is 2. The summed E-state index contributed by atoms with van der Waals surface area (Å²) < 4.78 is 0. The van der Waals surface area contributed by atoms with E-state index in [2.05, 4.69) is 30.7 Å². The molecule has 0 aliphatic carbocycles. The molecule has 3 aromatic rings. The van der Waals surface area contributed by atoms with Gasteiger partial charge in [0.2, 0.25) is 23.6 Å². The first kappa shape index (κ1) is 43.4. The molecule has 6 heterocycles. The monoisotopic (exact) mass is 849 g/mol. The Kier molecular flexibility index (Phi) is 15.1. The third-order valence-corrected chi connectivity index (χ3v) is 13.2. The Morgan fingerprint density at radius 1 is 0.852 bits per heavy atom. The molecule has 1 aromatic carbocycles. The fourth-order valence-corrected chi connectivity index (χ4v) is 9.53. The number of nitrogens with zero attached hydrogens (tertiary/aromatic N) is 7. The van der Waals surface area contributed by atoms with Crippen LogP contribution in [0.25, 0.3) is 6.08 Å². The van der Waals surface area contributed by atoms with Gasteiger partial charge in [-0.3, -0.25) is 39.1 Å². The molecule has 1 unspecified atom stereocenters. The molecule has 1 atom stereocenters. The lowest BCUT2D eigenvalue weighted by atomic mass is 9.91. The molecule has 0 saturated carbocycles. The molecule has 0 radical (unpaired) electrons. The highest BCUT2D eigenvalue weighted by molar-refractivity contribution is 7.99. The van der Waals surface area contributed by atoms with Crippen molar-refractivity contribution in [1.82, 2.24) is 40.5 Å². The fraction of sp³-hybridized carbons (Fsp3) is 0.489. The predicted octanol–water partition coefficient (Wildman–Crippen LogP) is 4.49. The second-order valence-electron chi connectivity index (χ2n) is 16.1. The summed E-state index contributed by atoms with van der Waals surface area (Å²) in [5.41, 5.74) is 2.80. The van der Waals surface area contributed by atoms with Crippen molar-refractivity contribution in [3.8, 4) is 0 Å². The summed E-state index contributed by atoms with van der Waals surface area (Å²) in [5.74, 6) is 1.22. The van der Waals surface area contributed by atoms with Crippen LogP contribution in [0, 0.1) is 5.92 Å². The molecule has 6 amide bonds. The first-order valence-electron chi connectivity index (χ1n) is 21.6. The van der Waals surface area contributed by atoms with Crippen LogP contribution in [-0.4, -0.2) is 123 Å². The minimum Gasteiger partial charge on any atom is -0.353 e. The molecule has 15 nitrogen and oxygen atoms in total. The summed E-state index contributed by atoms with van der Waals surface area (Å²) in [5, 5.41) is 14.0. The first-order chi connectivity index (χ1) is 29.7. The summed E-state index contributed by atoms with van der Waals surface area (Å²) >= 11 is 1.70. The number of carbonyl (C=O) groups is 6. The first-order valence-corrected chi connectivity index (χ1v) is 22.6. The molecule has 4 aliphatic heterocycles. The zero-order chi connectivity index (χ0) is 42.6. The number of fused-ring (bicyclic) bond motifs is 1. The number of hydrogen-bond donors (Lipinski definition) is 2. The maximum atomic E-state index is 13.2. The minimum atomic E-state index is -0.626. The number of likely N-dealkylation sites (tertiary alicyclic amines) is 1. The van der Waals surface area contributed by atoms with E-state index < -0.39 is 11.9 Å². The molecule has 7 rings (SSSR count). The predicted molar refractivity (Wildman–Crippen MR) is 231 cm³/mol. The van der Waals surface area contributed by atoms with Gasteiger partial charge >= 0.3 is 0 Å². The van der Waals surface area contributed by atoms with Crippen LogP contribution >= 0.6 is 11.8 Å². The van der Waals surface area contributed by atoms with Gasteiger partial charge in [-0.05, 0) is 97.7 Å². The maximum absolute atomic E-state index is 13.2. The average molecular weight is 850 g/mol. The lowest BCUT2D eigenvalue weighted by Gasteiger charge is -2.35. The lowest BCUT2D eigenvalue weighted by molar-refractivity contribution is -0.137. The summed E-state index contributed by atoms with van der Waals surface area (Å²) in [6, 6.07) is 12.4. The van der Waals surface area contributed by atoms with E-state index in [9.17, 15) is 28.8 Å². The van der Waals surface area contributed by atoms with Crippen molar-refractivity contribution >= 4 is 59.1 Å². The van der Waals surface area contributed by atoms with Gasteiger partial charge < -0.3 is 24.9 Å². The van der Waals surface area contributed by atoms with E-state index in [0.29, 0.717) is 88.2 Å². The Morgan fingerprint density at radius 3 is 2.44 bits per heavy atom. The van der Waals surface area contributed by atoms with E-state index in [1.807, 2.05) is 40.1 Å². The zero-order valence-corrected chi connectivity index (χ0v) is 35.5. The Labute approximate surface area is 361 Å². The third kappa shape index (κ3) is 11.6. The van der Waals surface area contributed by atoms with Gasteiger partial charge in [0.05, 0.1) is 0 Å². The van der Waals surface area contributed by atoms with Gasteiger partial charge in [-0.1, -0.05) is 31.4 Å². The zero-order valence-electron chi connectivity index (χ0n) is 34.6. The minimum absolute atomic E-state index is 0.0907. The number of unbranched alkanes of at least 4 members (excludes halogenated alkanes) is 3. The van der Waals surface area contributed by atoms with E-state index in [4.69, 9.17) is 0 Å². The molecule has 16 heteroatoms. The van der Waals surface area contributed by atoms with E-state index in [1.165, 1.54) is 6.08 Å². The molecule has 61 heavy (non-hydrogen) atoms. The number of thioether (sulfide) groups is 1. The van der Waals surface area contributed by atoms with Gasteiger partial charge in [-0.2, -0.15) is 0 Å². The number of piperazine rings is 1. The molecule has 2 N–H and O–H groups in total. The van der Waals surface area contributed by atoms with E-state index in [1.54, 1.807) is 47.3 Å². The number of pyridine rings is 1. The number of hydrogen-bond acceptors (Lipinski definition) is 11. The van der Waals surface area contributed by atoms with Crippen LogP contribution in [0.3, 0.4) is 0 Å². The van der Waals surface area contributed by atoms with E-state index in [0.717, 1.165) is 73.1 Å². The summed E-state index contributed by atoms with van der Waals surface area (Å²) in [4.78, 5) is 88.1. The SMILES string of the molecule is O=C(/C=C/c1cccnc1)NCCCCC1CCN(C(=O)c2ccc(N3CCN(C(=O)CCCCCSc4cccc5c4CN(C4CCC(=O)NC4=O)C5=O)CC3)nn2)CC1. The Balaban J connectivity index is 0.739. The van der Waals surface area contributed by atoms with Crippen molar-refractivity contribution in [3.63, 3.8) is 0 Å². The highest BCUT2D eigenvalue weighted by Gasteiger charge is 2.40. The van der Waals surface area contributed by atoms with Crippen molar-refractivity contribution in [1.29, 1.82) is 0 Å². The quantitative estimate of drug-likeness (QED) is 0.0847. The largest absolute Gasteiger partial charge is 0.353 e. The molecule has 0 bridgehead atoms. The number of carbonyl (C=O) groups excluding carboxylic acids is 6. The molecule has 4 aliphatic rings. The number of anilines is 1. The Bertz CT molecular complexity index is 2070. The standard InChI is InChI=1S/C45H55N9O6S/c55-40(17-13-33-9-7-21-46-30-33)47-22-4-3-8-32-19-23-53(24-20-32)45(60)36-14-16-39(50-49-36)51-25-27-52(28-26-51)42(57)12-2-1-5-29-61-38-11-6-10-34-35(38)31-54(44(34)59)37-15-18-41(56)48-43(37)58/h6-7,9-11,13-14,16-17,21,30,32,37H,1-5,8,12,15,18-20,22-29,31H2,(H,47,55)(H,48,56,58)/b17-13+. The highest BCUT2D eigenvalue weighted by atomic mass is 32.2. The van der Waals surface area contributed by atoms with Gasteiger partial charge in [-0.25, -0.2) is 0 Å². The smallest absolute Gasteiger partial charge is 0.274 e. The fourth-order valence-electron chi connectivity index (χ4n) is 8.44. The summed E-state index contributed by atoms with van der Waals surface area (Å²) in [6.45, 7) is 4.93. The van der Waals surface area contributed by atoms with Crippen LogP contribution < -0.4 is 15.5 Å². The molecular weight excluding hydrogens is 795 g/mol. The third-order valence-electron chi connectivity index (χ3n) is 12.0. The topological polar surface area (TPSA) is 178 Å². The number of aromatic nitrogens is 3. The summed E-state index contributed by atoms with van der Waals surface area (Å²) in [7, 11) is 0. The van der Waals surface area contributed by atoms with E-state index >= 15 is 0 Å². The van der Waals surface area contributed by atoms with Crippen molar-refractivity contribution in [2.75, 3.05) is 56.5 Å². The molecule has 3 fully saturated rings. The molecule has 0 spiro atoms. The number of piperidine rings is 2. The van der Waals surface area contributed by atoms with Crippen molar-refractivity contribution in [2.45, 2.75) is 88.1 Å². The van der Waals surface area contributed by atoms with E-state index in [-0.39, 0.29) is 36.0 Å². The van der Waals surface area contributed by atoms with Crippen molar-refractivity contribution in [3.05, 3.63) is 83.3 Å². The average Bonchev–Trinajstić information content (AvgIpc) is 3.63. The van der Waals surface area contributed by atoms with Gasteiger partial charge in [-0.15, -0.1) is 22.0 Å².